The highest BCUT2D eigenvalue weighted by molar-refractivity contribution is 6.32. The summed E-state index contributed by atoms with van der Waals surface area (Å²) in [6, 6.07) is 14.0. The first kappa shape index (κ1) is 14.1. The number of hydrogen-bond donors (Lipinski definition) is 1. The summed E-state index contributed by atoms with van der Waals surface area (Å²) >= 11 is 6.37. The summed E-state index contributed by atoms with van der Waals surface area (Å²) < 4.78 is 1.90. The molecule has 3 nitrogen and oxygen atoms in total. The Kier molecular flexibility index (Phi) is 3.70. The molecule has 0 saturated carbocycles. The van der Waals surface area contributed by atoms with Gasteiger partial charge >= 0.3 is 0 Å². The van der Waals surface area contributed by atoms with E-state index >= 15 is 0 Å². The van der Waals surface area contributed by atoms with Crippen molar-refractivity contribution in [1.82, 2.24) is 9.78 Å². The molecule has 1 atom stereocenters. The number of aromatic nitrogens is 2. The van der Waals surface area contributed by atoms with Crippen LogP contribution in [0.5, 0.6) is 0 Å². The first-order valence-corrected chi connectivity index (χ1v) is 7.37. The molecule has 1 unspecified atom stereocenters. The van der Waals surface area contributed by atoms with Crippen molar-refractivity contribution < 1.29 is 0 Å². The number of rotatable bonds is 3. The zero-order chi connectivity index (χ0) is 15.0. The molecule has 0 saturated heterocycles. The lowest BCUT2D eigenvalue weighted by Gasteiger charge is -2.14. The van der Waals surface area contributed by atoms with E-state index in [0.29, 0.717) is 6.42 Å². The number of benzene rings is 2. The van der Waals surface area contributed by atoms with E-state index in [4.69, 9.17) is 17.3 Å². The molecule has 0 aliphatic carbocycles. The lowest BCUT2D eigenvalue weighted by atomic mass is 9.99. The number of hydrogen-bond acceptors (Lipinski definition) is 2. The molecule has 0 aliphatic heterocycles. The van der Waals surface area contributed by atoms with Crippen molar-refractivity contribution in [3.63, 3.8) is 0 Å². The van der Waals surface area contributed by atoms with Crippen LogP contribution in [-0.2, 0) is 13.5 Å². The van der Waals surface area contributed by atoms with Crippen molar-refractivity contribution in [3.05, 3.63) is 64.3 Å². The second-order valence-corrected chi connectivity index (χ2v) is 5.75. The van der Waals surface area contributed by atoms with Crippen molar-refractivity contribution >= 4 is 22.5 Å². The zero-order valence-electron chi connectivity index (χ0n) is 12.2. The van der Waals surface area contributed by atoms with Gasteiger partial charge in [0.05, 0.1) is 11.2 Å². The molecule has 3 aromatic rings. The summed E-state index contributed by atoms with van der Waals surface area (Å²) in [5, 5.41) is 6.51. The van der Waals surface area contributed by atoms with Gasteiger partial charge in [0.1, 0.15) is 0 Å². The molecule has 4 heteroatoms. The highest BCUT2D eigenvalue weighted by Crippen LogP contribution is 2.28. The number of para-hydroxylation sites is 1. The Morgan fingerprint density at radius 3 is 2.76 bits per heavy atom. The van der Waals surface area contributed by atoms with Crippen LogP contribution in [0.25, 0.3) is 10.9 Å². The van der Waals surface area contributed by atoms with E-state index in [9.17, 15) is 0 Å². The monoisotopic (exact) mass is 299 g/mol. The van der Waals surface area contributed by atoms with Crippen LogP contribution >= 0.6 is 11.6 Å². The summed E-state index contributed by atoms with van der Waals surface area (Å²) in [7, 11) is 1.96. The predicted molar refractivity (Wildman–Crippen MR) is 87.5 cm³/mol. The minimum Gasteiger partial charge on any atom is -0.324 e. The van der Waals surface area contributed by atoms with Gasteiger partial charge in [-0.25, -0.2) is 0 Å². The highest BCUT2D eigenvalue weighted by atomic mass is 35.5. The van der Waals surface area contributed by atoms with Gasteiger partial charge in [0.2, 0.25) is 0 Å². The molecule has 0 bridgehead atoms. The Hall–Kier alpha value is -1.84. The van der Waals surface area contributed by atoms with Crippen molar-refractivity contribution in [2.45, 2.75) is 19.4 Å². The first-order chi connectivity index (χ1) is 10.1. The predicted octanol–water partition coefficient (Wildman–Crippen LogP) is 3.78. The molecular weight excluding hydrogens is 282 g/mol. The zero-order valence-corrected chi connectivity index (χ0v) is 12.9. The summed E-state index contributed by atoms with van der Waals surface area (Å²) in [5.41, 5.74) is 10.5. The van der Waals surface area contributed by atoms with Gasteiger partial charge in [-0.05, 0) is 24.1 Å². The van der Waals surface area contributed by atoms with E-state index < -0.39 is 0 Å². The van der Waals surface area contributed by atoms with Gasteiger partial charge in [0.15, 0.2) is 0 Å². The van der Waals surface area contributed by atoms with Crippen LogP contribution in [-0.4, -0.2) is 9.78 Å². The van der Waals surface area contributed by atoms with Gasteiger partial charge in [0, 0.05) is 29.9 Å². The van der Waals surface area contributed by atoms with Crippen LogP contribution in [0.3, 0.4) is 0 Å². The topological polar surface area (TPSA) is 43.8 Å². The molecule has 0 radical (unpaired) electrons. The van der Waals surface area contributed by atoms with Crippen LogP contribution in [0.4, 0.5) is 0 Å². The molecule has 1 aromatic heterocycles. The fraction of sp³-hybridized carbons (Fsp3) is 0.235. The summed E-state index contributed by atoms with van der Waals surface area (Å²) in [6.45, 7) is 1.99. The number of nitrogens with two attached hydrogens (primary N) is 1. The smallest absolute Gasteiger partial charge is 0.0722 e. The molecular formula is C17H18ClN3. The third kappa shape index (κ3) is 2.55. The molecule has 1 heterocycles. The van der Waals surface area contributed by atoms with E-state index in [2.05, 4.69) is 17.2 Å². The molecule has 2 aromatic carbocycles. The van der Waals surface area contributed by atoms with Gasteiger partial charge in [0.25, 0.3) is 0 Å². The number of fused-ring (bicyclic) bond motifs is 1. The Morgan fingerprint density at radius 2 is 1.95 bits per heavy atom. The molecule has 2 N–H and O–H groups in total. The maximum absolute atomic E-state index is 6.37. The Bertz CT molecular complexity index is 792. The fourth-order valence-corrected chi connectivity index (χ4v) is 2.98. The standard InChI is InChI=1S/C17H18ClN3/c1-11-6-5-8-12(17(11)18)14(19)10-15-13-7-3-4-9-16(13)21(2)20-15/h3-9,14H,10,19H2,1-2H3. The number of halogens is 1. The van der Waals surface area contributed by atoms with E-state index in [1.807, 2.05) is 49.0 Å². The third-order valence-electron chi connectivity index (χ3n) is 3.87. The normalized spacial score (nSPS) is 12.8. The lowest BCUT2D eigenvalue weighted by molar-refractivity contribution is 0.682. The van der Waals surface area contributed by atoms with Crippen LogP contribution in [0.1, 0.15) is 22.9 Å². The summed E-state index contributed by atoms with van der Waals surface area (Å²) in [4.78, 5) is 0. The minimum atomic E-state index is -0.157. The van der Waals surface area contributed by atoms with E-state index in [0.717, 1.165) is 32.7 Å². The molecule has 108 valence electrons. The summed E-state index contributed by atoms with van der Waals surface area (Å²) in [5.74, 6) is 0. The molecule has 3 rings (SSSR count). The SMILES string of the molecule is Cc1cccc(C(N)Cc2nn(C)c3ccccc23)c1Cl. The quantitative estimate of drug-likeness (QED) is 0.800. The largest absolute Gasteiger partial charge is 0.324 e. The second-order valence-electron chi connectivity index (χ2n) is 5.38. The van der Waals surface area contributed by atoms with E-state index in [1.54, 1.807) is 0 Å². The Morgan fingerprint density at radius 1 is 1.19 bits per heavy atom. The minimum absolute atomic E-state index is 0.157. The fourth-order valence-electron chi connectivity index (χ4n) is 2.71. The maximum atomic E-state index is 6.37. The van der Waals surface area contributed by atoms with Crippen LogP contribution in [0, 0.1) is 6.92 Å². The average molecular weight is 300 g/mol. The molecule has 0 amide bonds. The van der Waals surface area contributed by atoms with E-state index in [-0.39, 0.29) is 6.04 Å². The summed E-state index contributed by atoms with van der Waals surface area (Å²) in [6.07, 6.45) is 0.671. The Labute approximate surface area is 129 Å². The highest BCUT2D eigenvalue weighted by Gasteiger charge is 2.16. The van der Waals surface area contributed by atoms with Crippen molar-refractivity contribution in [1.29, 1.82) is 0 Å². The molecule has 0 aliphatic rings. The van der Waals surface area contributed by atoms with Crippen LogP contribution < -0.4 is 5.73 Å². The molecule has 0 spiro atoms. The van der Waals surface area contributed by atoms with E-state index in [1.165, 1.54) is 0 Å². The molecule has 21 heavy (non-hydrogen) atoms. The van der Waals surface area contributed by atoms with Crippen molar-refractivity contribution in [2.75, 3.05) is 0 Å². The average Bonchev–Trinajstić information content (AvgIpc) is 2.79. The van der Waals surface area contributed by atoms with Crippen LogP contribution in [0.15, 0.2) is 42.5 Å². The van der Waals surface area contributed by atoms with Gasteiger partial charge in [-0.3, -0.25) is 4.68 Å². The number of nitrogens with zero attached hydrogens (tertiary/aromatic N) is 2. The Balaban J connectivity index is 1.97. The second kappa shape index (κ2) is 5.51. The van der Waals surface area contributed by atoms with Gasteiger partial charge in [-0.1, -0.05) is 48.0 Å². The maximum Gasteiger partial charge on any atom is 0.0722 e. The van der Waals surface area contributed by atoms with Gasteiger partial charge in [-0.15, -0.1) is 0 Å². The number of aryl methyl sites for hydroxylation is 2. The van der Waals surface area contributed by atoms with Gasteiger partial charge < -0.3 is 5.73 Å². The lowest BCUT2D eigenvalue weighted by Crippen LogP contribution is -2.14. The van der Waals surface area contributed by atoms with Crippen molar-refractivity contribution in [2.24, 2.45) is 12.8 Å². The molecule has 0 fully saturated rings. The third-order valence-corrected chi connectivity index (χ3v) is 4.39. The van der Waals surface area contributed by atoms with Crippen LogP contribution in [0.2, 0.25) is 5.02 Å². The van der Waals surface area contributed by atoms with Gasteiger partial charge in [-0.2, -0.15) is 5.10 Å². The van der Waals surface area contributed by atoms with Crippen molar-refractivity contribution in [3.8, 4) is 0 Å². The first-order valence-electron chi connectivity index (χ1n) is 6.99.